The van der Waals surface area contributed by atoms with Gasteiger partial charge in [-0.25, -0.2) is 0 Å². The molecule has 1 N–H and O–H groups in total. The van der Waals surface area contributed by atoms with E-state index < -0.39 is 0 Å². The van der Waals surface area contributed by atoms with Gasteiger partial charge in [0.15, 0.2) is 5.76 Å². The Balaban J connectivity index is 1.69. The van der Waals surface area contributed by atoms with Gasteiger partial charge in [-0.15, -0.1) is 0 Å². The summed E-state index contributed by atoms with van der Waals surface area (Å²) in [7, 11) is 0. The van der Waals surface area contributed by atoms with E-state index in [1.165, 1.54) is 6.26 Å². The highest BCUT2D eigenvalue weighted by Crippen LogP contribution is 2.27. The monoisotopic (exact) mass is 248 g/mol. The van der Waals surface area contributed by atoms with Gasteiger partial charge in [0.1, 0.15) is 0 Å². The summed E-state index contributed by atoms with van der Waals surface area (Å²) in [5.74, 6) is 0.577. The van der Waals surface area contributed by atoms with Crippen molar-refractivity contribution in [2.24, 2.45) is 5.92 Å². The molecule has 2 unspecified atom stereocenters. The Morgan fingerprint density at radius 3 is 3.22 bits per heavy atom. The minimum absolute atomic E-state index is 0.0139. The number of amides is 1. The lowest BCUT2D eigenvalue weighted by Gasteiger charge is -2.35. The molecule has 2 atom stereocenters. The van der Waals surface area contributed by atoms with Crippen molar-refractivity contribution < 1.29 is 14.0 Å². The molecular formula is C13H16N2O3. The van der Waals surface area contributed by atoms with E-state index in [0.717, 1.165) is 19.4 Å². The molecule has 5 heteroatoms. The van der Waals surface area contributed by atoms with Crippen molar-refractivity contribution in [3.05, 3.63) is 24.2 Å². The van der Waals surface area contributed by atoms with E-state index >= 15 is 0 Å². The van der Waals surface area contributed by atoms with Crippen molar-refractivity contribution in [1.29, 1.82) is 0 Å². The van der Waals surface area contributed by atoms with Crippen LogP contribution in [0, 0.1) is 5.92 Å². The standard InChI is InChI=1S/C13H16N2O3/c16-11(12-4-2-6-18-12)8-15-5-1-3-9-10(15)7-14-13(9)17/h2,4,6,9-10H,1,3,5,7-8H2,(H,14,17). The van der Waals surface area contributed by atoms with Crippen LogP contribution in [0.5, 0.6) is 0 Å². The molecule has 0 aromatic carbocycles. The van der Waals surface area contributed by atoms with Gasteiger partial charge < -0.3 is 9.73 Å². The molecule has 2 aliphatic heterocycles. The Morgan fingerprint density at radius 1 is 1.56 bits per heavy atom. The van der Waals surface area contributed by atoms with Crippen molar-refractivity contribution in [2.75, 3.05) is 19.6 Å². The van der Waals surface area contributed by atoms with Crippen LogP contribution >= 0.6 is 0 Å². The molecule has 5 nitrogen and oxygen atoms in total. The maximum absolute atomic E-state index is 12.0. The van der Waals surface area contributed by atoms with E-state index in [1.54, 1.807) is 12.1 Å². The lowest BCUT2D eigenvalue weighted by molar-refractivity contribution is -0.124. The van der Waals surface area contributed by atoms with Gasteiger partial charge in [0, 0.05) is 12.6 Å². The molecule has 0 radical (unpaired) electrons. The lowest BCUT2D eigenvalue weighted by atomic mass is 9.91. The van der Waals surface area contributed by atoms with Crippen LogP contribution in [0.25, 0.3) is 0 Å². The van der Waals surface area contributed by atoms with Crippen LogP contribution in [0.15, 0.2) is 22.8 Å². The summed E-state index contributed by atoms with van der Waals surface area (Å²) in [5.41, 5.74) is 0. The van der Waals surface area contributed by atoms with Gasteiger partial charge >= 0.3 is 0 Å². The summed E-state index contributed by atoms with van der Waals surface area (Å²) < 4.78 is 5.11. The largest absolute Gasteiger partial charge is 0.461 e. The summed E-state index contributed by atoms with van der Waals surface area (Å²) in [4.78, 5) is 25.7. The van der Waals surface area contributed by atoms with Crippen LogP contribution in [-0.2, 0) is 4.79 Å². The van der Waals surface area contributed by atoms with Crippen LogP contribution in [0.4, 0.5) is 0 Å². The normalized spacial score (nSPS) is 27.9. The topological polar surface area (TPSA) is 62.6 Å². The Bertz CT molecular complexity index is 455. The first-order chi connectivity index (χ1) is 8.75. The van der Waals surface area contributed by atoms with Crippen molar-refractivity contribution in [2.45, 2.75) is 18.9 Å². The van der Waals surface area contributed by atoms with Gasteiger partial charge in [0.25, 0.3) is 0 Å². The van der Waals surface area contributed by atoms with Crippen LogP contribution in [0.1, 0.15) is 23.4 Å². The Kier molecular flexibility index (Phi) is 2.91. The number of carbonyl (C=O) groups excluding carboxylic acids is 2. The zero-order chi connectivity index (χ0) is 12.5. The summed E-state index contributed by atoms with van der Waals surface area (Å²) in [5, 5.41) is 2.88. The highest BCUT2D eigenvalue weighted by atomic mass is 16.3. The molecule has 0 aliphatic carbocycles. The number of nitrogens with one attached hydrogen (secondary N) is 1. The number of Topliss-reactive ketones (excluding diaryl/α,β-unsaturated/α-hetero) is 1. The molecule has 2 aliphatic rings. The van der Waals surface area contributed by atoms with Gasteiger partial charge in [-0.3, -0.25) is 14.5 Å². The van der Waals surface area contributed by atoms with Gasteiger partial charge in [-0.1, -0.05) is 0 Å². The number of furan rings is 1. The summed E-state index contributed by atoms with van der Waals surface area (Å²) in [6.07, 6.45) is 3.41. The first-order valence-corrected chi connectivity index (χ1v) is 6.34. The van der Waals surface area contributed by atoms with E-state index in [4.69, 9.17) is 4.42 Å². The van der Waals surface area contributed by atoms with Crippen LogP contribution < -0.4 is 5.32 Å². The SMILES string of the molecule is O=C(CN1CCCC2C(=O)NCC21)c1ccco1. The van der Waals surface area contributed by atoms with E-state index in [1.807, 2.05) is 0 Å². The Morgan fingerprint density at radius 2 is 2.44 bits per heavy atom. The molecule has 3 rings (SSSR count). The summed E-state index contributed by atoms with van der Waals surface area (Å²) in [6, 6.07) is 3.57. The van der Waals surface area contributed by atoms with E-state index in [2.05, 4.69) is 10.2 Å². The minimum Gasteiger partial charge on any atom is -0.461 e. The maximum Gasteiger partial charge on any atom is 0.224 e. The number of nitrogens with zero attached hydrogens (tertiary/aromatic N) is 1. The molecule has 1 amide bonds. The molecule has 2 saturated heterocycles. The van der Waals surface area contributed by atoms with Crippen molar-refractivity contribution in [3.63, 3.8) is 0 Å². The number of fused-ring (bicyclic) bond motifs is 1. The van der Waals surface area contributed by atoms with Crippen LogP contribution in [-0.4, -0.2) is 42.3 Å². The summed E-state index contributed by atoms with van der Waals surface area (Å²) in [6.45, 7) is 1.88. The third-order valence-corrected chi connectivity index (χ3v) is 3.86. The van der Waals surface area contributed by atoms with Crippen molar-refractivity contribution in [1.82, 2.24) is 10.2 Å². The third kappa shape index (κ3) is 1.95. The fourth-order valence-electron chi connectivity index (χ4n) is 2.94. The second kappa shape index (κ2) is 4.57. The quantitative estimate of drug-likeness (QED) is 0.799. The fraction of sp³-hybridized carbons (Fsp3) is 0.538. The number of likely N-dealkylation sites (tertiary alicyclic amines) is 1. The zero-order valence-corrected chi connectivity index (χ0v) is 10.1. The van der Waals surface area contributed by atoms with E-state index in [-0.39, 0.29) is 23.7 Å². The lowest BCUT2D eigenvalue weighted by Crippen LogP contribution is -2.47. The van der Waals surface area contributed by atoms with E-state index in [0.29, 0.717) is 18.8 Å². The smallest absolute Gasteiger partial charge is 0.224 e. The first kappa shape index (κ1) is 11.5. The zero-order valence-electron chi connectivity index (χ0n) is 10.1. The third-order valence-electron chi connectivity index (χ3n) is 3.86. The van der Waals surface area contributed by atoms with Gasteiger partial charge in [-0.2, -0.15) is 0 Å². The fourth-order valence-corrected chi connectivity index (χ4v) is 2.94. The maximum atomic E-state index is 12.0. The van der Waals surface area contributed by atoms with Gasteiger partial charge in [-0.05, 0) is 31.5 Å². The van der Waals surface area contributed by atoms with Crippen molar-refractivity contribution >= 4 is 11.7 Å². The van der Waals surface area contributed by atoms with Crippen LogP contribution in [0.2, 0.25) is 0 Å². The average molecular weight is 248 g/mol. The Hall–Kier alpha value is -1.62. The molecular weight excluding hydrogens is 232 g/mol. The van der Waals surface area contributed by atoms with Gasteiger partial charge in [0.2, 0.25) is 11.7 Å². The van der Waals surface area contributed by atoms with Crippen molar-refractivity contribution in [3.8, 4) is 0 Å². The first-order valence-electron chi connectivity index (χ1n) is 6.34. The number of hydrogen-bond acceptors (Lipinski definition) is 4. The average Bonchev–Trinajstić information content (AvgIpc) is 3.00. The second-order valence-corrected chi connectivity index (χ2v) is 4.93. The number of ketones is 1. The molecule has 0 saturated carbocycles. The molecule has 18 heavy (non-hydrogen) atoms. The number of rotatable bonds is 3. The number of hydrogen-bond donors (Lipinski definition) is 1. The summed E-state index contributed by atoms with van der Waals surface area (Å²) >= 11 is 0. The highest BCUT2D eigenvalue weighted by Gasteiger charge is 2.41. The van der Waals surface area contributed by atoms with Gasteiger partial charge in [0.05, 0.1) is 18.7 Å². The molecule has 3 heterocycles. The Labute approximate surface area is 105 Å². The van der Waals surface area contributed by atoms with Crippen LogP contribution in [0.3, 0.4) is 0 Å². The molecule has 0 spiro atoms. The highest BCUT2D eigenvalue weighted by molar-refractivity contribution is 5.95. The predicted octanol–water partition coefficient (Wildman–Crippen LogP) is 0.673. The molecule has 2 fully saturated rings. The minimum atomic E-state index is -0.0139. The molecule has 1 aromatic rings. The molecule has 96 valence electrons. The number of carbonyl (C=O) groups is 2. The predicted molar refractivity (Wildman–Crippen MR) is 64.1 cm³/mol. The number of piperidine rings is 1. The van der Waals surface area contributed by atoms with E-state index in [9.17, 15) is 9.59 Å². The second-order valence-electron chi connectivity index (χ2n) is 4.93. The molecule has 1 aromatic heterocycles. The molecule has 0 bridgehead atoms.